The van der Waals surface area contributed by atoms with Crippen LogP contribution in [0.3, 0.4) is 0 Å². The number of aromatic nitrogens is 2. The van der Waals surface area contributed by atoms with Gasteiger partial charge < -0.3 is 16.4 Å². The van der Waals surface area contributed by atoms with E-state index in [2.05, 4.69) is 43.5 Å². The van der Waals surface area contributed by atoms with Gasteiger partial charge in [-0.2, -0.15) is 9.97 Å². The van der Waals surface area contributed by atoms with Crippen molar-refractivity contribution in [2.75, 3.05) is 22.9 Å². The standard InChI is InChI=1S/C13H15BrClN5/c1-2-5-17-11-7-12(20-13(16)19-11)18-8-3-4-10(15)9(14)6-8/h3-4,6-7H,2,5H2,1H3,(H4,16,17,18,19,20). The summed E-state index contributed by atoms with van der Waals surface area (Å²) in [6.07, 6.45) is 1.01. The maximum absolute atomic E-state index is 5.96. The zero-order valence-corrected chi connectivity index (χ0v) is 13.3. The molecule has 5 nitrogen and oxygen atoms in total. The highest BCUT2D eigenvalue weighted by Crippen LogP contribution is 2.27. The van der Waals surface area contributed by atoms with Gasteiger partial charge in [0.1, 0.15) is 11.6 Å². The van der Waals surface area contributed by atoms with Crippen molar-refractivity contribution in [2.24, 2.45) is 0 Å². The first-order valence-electron chi connectivity index (χ1n) is 6.19. The molecule has 0 aliphatic heterocycles. The topological polar surface area (TPSA) is 75.9 Å². The highest BCUT2D eigenvalue weighted by molar-refractivity contribution is 9.10. The number of rotatable bonds is 5. The summed E-state index contributed by atoms with van der Waals surface area (Å²) in [5.74, 6) is 1.56. The van der Waals surface area contributed by atoms with Gasteiger partial charge in [-0.25, -0.2) is 0 Å². The molecule has 106 valence electrons. The Bertz CT molecular complexity index is 605. The Kier molecular flexibility index (Phi) is 5.03. The number of benzene rings is 1. The summed E-state index contributed by atoms with van der Waals surface area (Å²) in [5.41, 5.74) is 6.57. The van der Waals surface area contributed by atoms with Crippen molar-refractivity contribution >= 4 is 50.8 Å². The number of hydrogen-bond donors (Lipinski definition) is 3. The number of hydrogen-bond acceptors (Lipinski definition) is 5. The van der Waals surface area contributed by atoms with Gasteiger partial charge in [-0.1, -0.05) is 18.5 Å². The van der Waals surface area contributed by atoms with Gasteiger partial charge in [0.2, 0.25) is 5.95 Å². The molecule has 0 spiro atoms. The van der Waals surface area contributed by atoms with Crippen LogP contribution in [0.15, 0.2) is 28.7 Å². The molecule has 20 heavy (non-hydrogen) atoms. The summed E-state index contributed by atoms with van der Waals surface area (Å²) >= 11 is 9.34. The van der Waals surface area contributed by atoms with Crippen molar-refractivity contribution in [1.29, 1.82) is 0 Å². The zero-order chi connectivity index (χ0) is 14.5. The molecule has 0 unspecified atom stereocenters. The molecule has 0 radical (unpaired) electrons. The maximum Gasteiger partial charge on any atom is 0.223 e. The van der Waals surface area contributed by atoms with Crippen LogP contribution < -0.4 is 16.4 Å². The number of nitrogen functional groups attached to an aromatic ring is 1. The van der Waals surface area contributed by atoms with E-state index >= 15 is 0 Å². The van der Waals surface area contributed by atoms with E-state index in [1.165, 1.54) is 0 Å². The van der Waals surface area contributed by atoms with Gasteiger partial charge in [0.05, 0.1) is 5.02 Å². The molecule has 0 atom stereocenters. The second kappa shape index (κ2) is 6.76. The van der Waals surface area contributed by atoms with Crippen LogP contribution in [0.4, 0.5) is 23.3 Å². The largest absolute Gasteiger partial charge is 0.370 e. The third kappa shape index (κ3) is 3.98. The lowest BCUT2D eigenvalue weighted by Gasteiger charge is -2.10. The van der Waals surface area contributed by atoms with Crippen LogP contribution in [0, 0.1) is 0 Å². The Morgan fingerprint density at radius 2 is 2.00 bits per heavy atom. The van der Waals surface area contributed by atoms with Gasteiger partial charge in [-0.3, -0.25) is 0 Å². The van der Waals surface area contributed by atoms with Crippen LogP contribution in [0.25, 0.3) is 0 Å². The van der Waals surface area contributed by atoms with Crippen molar-refractivity contribution in [3.8, 4) is 0 Å². The van der Waals surface area contributed by atoms with Crippen LogP contribution in [0.5, 0.6) is 0 Å². The van der Waals surface area contributed by atoms with E-state index < -0.39 is 0 Å². The molecule has 0 amide bonds. The van der Waals surface area contributed by atoms with Crippen molar-refractivity contribution in [3.05, 3.63) is 33.8 Å². The van der Waals surface area contributed by atoms with Gasteiger partial charge in [0.25, 0.3) is 0 Å². The van der Waals surface area contributed by atoms with E-state index in [0.717, 1.165) is 23.1 Å². The Morgan fingerprint density at radius 1 is 1.25 bits per heavy atom. The summed E-state index contributed by atoms with van der Waals surface area (Å²) < 4.78 is 0.815. The molecule has 1 aromatic heterocycles. The number of nitrogens with one attached hydrogen (secondary N) is 2. The minimum Gasteiger partial charge on any atom is -0.370 e. The highest BCUT2D eigenvalue weighted by atomic mass is 79.9. The van der Waals surface area contributed by atoms with Crippen molar-refractivity contribution in [2.45, 2.75) is 13.3 Å². The second-order valence-electron chi connectivity index (χ2n) is 4.18. The molecule has 0 fully saturated rings. The van der Waals surface area contributed by atoms with E-state index in [1.54, 1.807) is 6.07 Å². The fourth-order valence-electron chi connectivity index (χ4n) is 1.60. The van der Waals surface area contributed by atoms with Crippen molar-refractivity contribution in [1.82, 2.24) is 9.97 Å². The quantitative estimate of drug-likeness (QED) is 0.754. The molecule has 1 heterocycles. The summed E-state index contributed by atoms with van der Waals surface area (Å²) in [7, 11) is 0. The SMILES string of the molecule is CCCNc1cc(Nc2ccc(Cl)c(Br)c2)nc(N)n1. The van der Waals surface area contributed by atoms with Crippen molar-refractivity contribution in [3.63, 3.8) is 0 Å². The van der Waals surface area contributed by atoms with E-state index in [0.29, 0.717) is 16.7 Å². The minimum absolute atomic E-state index is 0.224. The smallest absolute Gasteiger partial charge is 0.223 e. The second-order valence-corrected chi connectivity index (χ2v) is 5.44. The van der Waals surface area contributed by atoms with E-state index in [-0.39, 0.29) is 5.95 Å². The van der Waals surface area contributed by atoms with Gasteiger partial charge >= 0.3 is 0 Å². The first-order valence-corrected chi connectivity index (χ1v) is 7.36. The zero-order valence-electron chi connectivity index (χ0n) is 11.0. The third-order valence-corrected chi connectivity index (χ3v) is 3.71. The maximum atomic E-state index is 5.96. The van der Waals surface area contributed by atoms with E-state index in [9.17, 15) is 0 Å². The summed E-state index contributed by atoms with van der Waals surface area (Å²) in [6.45, 7) is 2.92. The molecule has 0 bridgehead atoms. The normalized spacial score (nSPS) is 10.3. The van der Waals surface area contributed by atoms with Crippen LogP contribution in [-0.4, -0.2) is 16.5 Å². The predicted octanol–water partition coefficient (Wildman–Crippen LogP) is 4.04. The average molecular weight is 357 g/mol. The van der Waals surface area contributed by atoms with Gasteiger partial charge in [0.15, 0.2) is 0 Å². The van der Waals surface area contributed by atoms with Crippen LogP contribution in [0.2, 0.25) is 5.02 Å². The van der Waals surface area contributed by atoms with Gasteiger partial charge in [0, 0.05) is 22.8 Å². The first-order chi connectivity index (χ1) is 9.58. The molecule has 7 heteroatoms. The van der Waals surface area contributed by atoms with Gasteiger partial charge in [-0.05, 0) is 40.5 Å². The fraction of sp³-hybridized carbons (Fsp3) is 0.231. The number of nitrogens with two attached hydrogens (primary N) is 1. The number of anilines is 4. The molecule has 2 rings (SSSR count). The number of halogens is 2. The van der Waals surface area contributed by atoms with Crippen LogP contribution in [0.1, 0.15) is 13.3 Å². The lowest BCUT2D eigenvalue weighted by Crippen LogP contribution is -2.06. The minimum atomic E-state index is 0.224. The summed E-state index contributed by atoms with van der Waals surface area (Å²) in [4.78, 5) is 8.29. The van der Waals surface area contributed by atoms with Gasteiger partial charge in [-0.15, -0.1) is 0 Å². The molecule has 2 aromatic rings. The lowest BCUT2D eigenvalue weighted by molar-refractivity contribution is 0.967. The third-order valence-electron chi connectivity index (χ3n) is 2.49. The molecular formula is C13H15BrClN5. The molecule has 1 aromatic carbocycles. The molecule has 0 aliphatic rings. The summed E-state index contributed by atoms with van der Waals surface area (Å²) in [6, 6.07) is 7.35. The van der Waals surface area contributed by atoms with Crippen molar-refractivity contribution < 1.29 is 0 Å². The Morgan fingerprint density at radius 3 is 2.70 bits per heavy atom. The monoisotopic (exact) mass is 355 g/mol. The highest BCUT2D eigenvalue weighted by Gasteiger charge is 2.04. The molecule has 4 N–H and O–H groups in total. The van der Waals surface area contributed by atoms with Crippen LogP contribution in [-0.2, 0) is 0 Å². The predicted molar refractivity (Wildman–Crippen MR) is 87.7 cm³/mol. The molecule has 0 aliphatic carbocycles. The molecule has 0 saturated carbocycles. The lowest BCUT2D eigenvalue weighted by atomic mass is 10.3. The summed E-state index contributed by atoms with van der Waals surface area (Å²) in [5, 5.41) is 7.01. The Hall–Kier alpha value is -1.53. The van der Waals surface area contributed by atoms with E-state index in [1.807, 2.05) is 18.2 Å². The van der Waals surface area contributed by atoms with E-state index in [4.69, 9.17) is 17.3 Å². The number of nitrogens with zero attached hydrogens (tertiary/aromatic N) is 2. The van der Waals surface area contributed by atoms with Crippen LogP contribution >= 0.6 is 27.5 Å². The fourth-order valence-corrected chi connectivity index (χ4v) is 2.09. The Labute approximate surface area is 131 Å². The molecular weight excluding hydrogens is 342 g/mol. The Balaban J connectivity index is 2.19. The molecule has 0 saturated heterocycles. The first kappa shape index (κ1) is 14.9. The average Bonchev–Trinajstić information content (AvgIpc) is 2.40.